The first kappa shape index (κ1) is 39.2. The predicted molar refractivity (Wildman–Crippen MR) is 180 cm³/mol. The fraction of sp³-hybridized carbons (Fsp3) is 0.429. The number of hydrogen-bond donors (Lipinski definition) is 5. The number of halogens is 2. The van der Waals surface area contributed by atoms with Crippen LogP contribution in [0.25, 0.3) is 0 Å². The maximum Gasteiger partial charge on any atom is 0.270 e. The Balaban J connectivity index is 1.93. The number of amides is 3. The van der Waals surface area contributed by atoms with Crippen LogP contribution in [0.4, 0.5) is 8.78 Å². The molecule has 0 saturated heterocycles. The van der Waals surface area contributed by atoms with Crippen molar-refractivity contribution in [2.45, 2.75) is 70.9 Å². The summed E-state index contributed by atoms with van der Waals surface area (Å²) in [4.78, 5) is 44.0. The van der Waals surface area contributed by atoms with Crippen molar-refractivity contribution in [3.63, 3.8) is 0 Å². The van der Waals surface area contributed by atoms with Crippen LogP contribution in [0, 0.1) is 23.5 Å². The van der Waals surface area contributed by atoms with Crippen LogP contribution in [0.15, 0.2) is 72.9 Å². The molecule has 0 aliphatic carbocycles. The molecule has 0 saturated carbocycles. The first-order chi connectivity index (χ1) is 23.2. The molecule has 0 fully saturated rings. The van der Waals surface area contributed by atoms with E-state index in [1.807, 2.05) is 6.07 Å². The molecule has 0 bridgehead atoms. The van der Waals surface area contributed by atoms with Gasteiger partial charge in [-0.3, -0.25) is 19.4 Å². The van der Waals surface area contributed by atoms with Gasteiger partial charge in [-0.05, 0) is 54.2 Å². The molecule has 1 aromatic heterocycles. The Morgan fingerprint density at radius 1 is 0.857 bits per heavy atom. The molecule has 0 aliphatic rings. The predicted octanol–water partition coefficient (Wildman–Crippen LogP) is 2.71. The minimum absolute atomic E-state index is 0.00619. The Labute approximate surface area is 285 Å². The van der Waals surface area contributed by atoms with Gasteiger partial charge in [0.1, 0.15) is 29.5 Å². The van der Waals surface area contributed by atoms with E-state index in [1.54, 1.807) is 51.1 Å². The van der Waals surface area contributed by atoms with Gasteiger partial charge in [0.05, 0.1) is 29.6 Å². The van der Waals surface area contributed by atoms with E-state index >= 15 is 0 Å². The van der Waals surface area contributed by atoms with E-state index in [4.69, 9.17) is 0 Å². The summed E-state index contributed by atoms with van der Waals surface area (Å²) in [5.41, 5.74) is 0.697. The lowest BCUT2D eigenvalue weighted by Crippen LogP contribution is -2.59. The van der Waals surface area contributed by atoms with E-state index < -0.39 is 87.5 Å². The fourth-order valence-electron chi connectivity index (χ4n) is 5.34. The molecular weight excluding hydrogens is 658 g/mol. The number of nitrogens with one attached hydrogen (secondary N) is 3. The highest BCUT2D eigenvalue weighted by Gasteiger charge is 2.40. The first-order valence-corrected chi connectivity index (χ1v) is 17.9. The summed E-state index contributed by atoms with van der Waals surface area (Å²) in [6, 6.07) is 12.9. The Morgan fingerprint density at radius 3 is 2.10 bits per heavy atom. The fourth-order valence-corrected chi connectivity index (χ4v) is 6.98. The summed E-state index contributed by atoms with van der Waals surface area (Å²) in [6.07, 6.45) is -1.91. The van der Waals surface area contributed by atoms with Gasteiger partial charge in [-0.25, -0.2) is 17.2 Å². The number of carbonyl (C=O) groups is 3. The minimum Gasteiger partial charge on any atom is -0.390 e. The summed E-state index contributed by atoms with van der Waals surface area (Å²) in [5.74, 6) is -7.11. The van der Waals surface area contributed by atoms with Crippen LogP contribution >= 0.6 is 0 Å². The number of benzene rings is 2. The molecule has 3 aromatic rings. The Morgan fingerprint density at radius 2 is 1.51 bits per heavy atom. The maximum absolute atomic E-state index is 14.2. The number of sulfone groups is 1. The van der Waals surface area contributed by atoms with Crippen molar-refractivity contribution in [2.24, 2.45) is 11.8 Å². The van der Waals surface area contributed by atoms with Crippen molar-refractivity contribution in [2.75, 3.05) is 11.5 Å². The zero-order valence-electron chi connectivity index (χ0n) is 27.7. The Hall–Kier alpha value is -4.27. The van der Waals surface area contributed by atoms with Crippen molar-refractivity contribution >= 4 is 27.6 Å². The van der Waals surface area contributed by atoms with Gasteiger partial charge in [0.2, 0.25) is 11.8 Å². The van der Waals surface area contributed by atoms with Crippen molar-refractivity contribution in [3.8, 4) is 0 Å². The summed E-state index contributed by atoms with van der Waals surface area (Å²) in [6.45, 7) is 5.24. The molecule has 5 atom stereocenters. The smallest absolute Gasteiger partial charge is 0.270 e. The molecule has 1 heterocycles. The molecular formula is C35H44F2N4O7S. The van der Waals surface area contributed by atoms with Gasteiger partial charge in [0.15, 0.2) is 9.84 Å². The van der Waals surface area contributed by atoms with Crippen LogP contribution in [-0.2, 0) is 32.4 Å². The van der Waals surface area contributed by atoms with E-state index in [9.17, 15) is 41.8 Å². The van der Waals surface area contributed by atoms with Crippen LogP contribution in [0.1, 0.15) is 55.2 Å². The van der Waals surface area contributed by atoms with Gasteiger partial charge in [-0.2, -0.15) is 0 Å². The second-order valence-corrected chi connectivity index (χ2v) is 14.5. The minimum atomic E-state index is -3.88. The molecule has 0 radical (unpaired) electrons. The lowest BCUT2D eigenvalue weighted by Gasteiger charge is -2.34. The third-order valence-electron chi connectivity index (χ3n) is 7.92. The van der Waals surface area contributed by atoms with E-state index in [1.165, 1.54) is 18.3 Å². The lowest BCUT2D eigenvalue weighted by molar-refractivity contribution is -0.136. The van der Waals surface area contributed by atoms with Gasteiger partial charge in [0, 0.05) is 18.8 Å². The molecule has 266 valence electrons. The number of pyridine rings is 1. The third-order valence-corrected chi connectivity index (χ3v) is 9.67. The number of hydrogen-bond acceptors (Lipinski definition) is 8. The van der Waals surface area contributed by atoms with E-state index in [0.717, 1.165) is 17.7 Å². The summed E-state index contributed by atoms with van der Waals surface area (Å²) >= 11 is 0. The normalized spacial score (nSPS) is 14.7. The highest BCUT2D eigenvalue weighted by Crippen LogP contribution is 2.23. The van der Waals surface area contributed by atoms with Gasteiger partial charge in [-0.1, -0.05) is 63.6 Å². The van der Waals surface area contributed by atoms with Gasteiger partial charge in [0.25, 0.3) is 5.91 Å². The molecule has 5 N–H and O–H groups in total. The van der Waals surface area contributed by atoms with Crippen molar-refractivity contribution in [1.29, 1.82) is 0 Å². The average Bonchev–Trinajstić information content (AvgIpc) is 3.05. The number of aliphatic hydroxyl groups is 2. The van der Waals surface area contributed by atoms with Crippen LogP contribution in [-0.4, -0.2) is 77.1 Å². The number of nitrogens with zero attached hydrogens (tertiary/aromatic N) is 1. The number of aromatic nitrogens is 1. The van der Waals surface area contributed by atoms with Crippen molar-refractivity contribution < 1.29 is 41.8 Å². The third kappa shape index (κ3) is 12.3. The first-order valence-electron chi connectivity index (χ1n) is 16.1. The van der Waals surface area contributed by atoms with E-state index in [2.05, 4.69) is 20.9 Å². The SMILES string of the molecule is CCCCS(=O)(=O)CC(NC(=O)c1ccccn1)C(=O)N[C@@H](Cc1cc(F)cc(F)c1)[C@@H](O)[C@H](O)[C@H](C(=O)NCc1ccccc1)C(C)C. The number of aliphatic hydroxyl groups excluding tert-OH is 2. The molecule has 14 heteroatoms. The standard InChI is InChI=1S/C35H44F2N4O7S/c1-4-5-15-49(47,48)21-29(41-33(44)27-13-9-10-14-38-27)34(45)40-28(18-24-16-25(36)19-26(37)17-24)31(42)32(43)30(22(2)3)35(46)39-20-23-11-7-6-8-12-23/h6-14,16-17,19,22,28-32,42-43H,4-5,15,18,20-21H2,1-3H3,(H,39,46)(H,40,45)(H,41,44)/t28-,29?,30+,31+,32+/m0/s1. The topological polar surface area (TPSA) is 175 Å². The molecule has 1 unspecified atom stereocenters. The highest BCUT2D eigenvalue weighted by molar-refractivity contribution is 7.91. The highest BCUT2D eigenvalue weighted by atomic mass is 32.2. The molecule has 2 aromatic carbocycles. The molecule has 3 rings (SSSR count). The number of rotatable bonds is 18. The quantitative estimate of drug-likeness (QED) is 0.135. The van der Waals surface area contributed by atoms with Crippen molar-refractivity contribution in [1.82, 2.24) is 20.9 Å². The largest absolute Gasteiger partial charge is 0.390 e. The summed E-state index contributed by atoms with van der Waals surface area (Å²) < 4.78 is 54.3. The zero-order valence-corrected chi connectivity index (χ0v) is 28.5. The second-order valence-electron chi connectivity index (χ2n) is 12.3. The molecule has 11 nitrogen and oxygen atoms in total. The van der Waals surface area contributed by atoms with Crippen LogP contribution in [0.5, 0.6) is 0 Å². The number of unbranched alkanes of at least 4 members (excludes halogenated alkanes) is 1. The van der Waals surface area contributed by atoms with Crippen LogP contribution in [0.2, 0.25) is 0 Å². The average molecular weight is 703 g/mol. The van der Waals surface area contributed by atoms with Gasteiger partial charge >= 0.3 is 0 Å². The maximum atomic E-state index is 14.2. The van der Waals surface area contributed by atoms with E-state index in [-0.39, 0.29) is 23.6 Å². The van der Waals surface area contributed by atoms with E-state index in [0.29, 0.717) is 18.9 Å². The van der Waals surface area contributed by atoms with Gasteiger partial charge < -0.3 is 26.2 Å². The summed E-state index contributed by atoms with van der Waals surface area (Å²) in [5, 5.41) is 30.6. The van der Waals surface area contributed by atoms with Crippen LogP contribution in [0.3, 0.4) is 0 Å². The van der Waals surface area contributed by atoms with Gasteiger partial charge in [-0.15, -0.1) is 0 Å². The Kier molecular flexibility index (Phi) is 14.8. The number of carbonyl (C=O) groups excluding carboxylic acids is 3. The van der Waals surface area contributed by atoms with Crippen molar-refractivity contribution in [3.05, 3.63) is 101 Å². The Bertz CT molecular complexity index is 1630. The van der Waals surface area contributed by atoms with Crippen LogP contribution < -0.4 is 16.0 Å². The molecule has 3 amide bonds. The second kappa shape index (κ2) is 18.5. The summed E-state index contributed by atoms with van der Waals surface area (Å²) in [7, 11) is -3.88. The molecule has 0 spiro atoms. The lowest BCUT2D eigenvalue weighted by atomic mass is 9.83. The molecule has 49 heavy (non-hydrogen) atoms. The monoisotopic (exact) mass is 702 g/mol. The zero-order chi connectivity index (χ0) is 36.1. The molecule has 0 aliphatic heterocycles.